The second-order valence-corrected chi connectivity index (χ2v) is 9.75. The van der Waals surface area contributed by atoms with E-state index in [0.717, 1.165) is 33.4 Å². The molecule has 0 amide bonds. The smallest absolute Gasteiger partial charge is 0.193 e. The van der Waals surface area contributed by atoms with E-state index in [1.807, 2.05) is 74.5 Å². The molecule has 0 fully saturated rings. The minimum Gasteiger partial charge on any atom is -0.289 e. The van der Waals surface area contributed by atoms with Gasteiger partial charge in [0.15, 0.2) is 5.78 Å². The van der Waals surface area contributed by atoms with Gasteiger partial charge in [-0.25, -0.2) is 0 Å². The summed E-state index contributed by atoms with van der Waals surface area (Å²) >= 11 is 7.68. The predicted octanol–water partition coefficient (Wildman–Crippen LogP) is 8.50. The van der Waals surface area contributed by atoms with Gasteiger partial charge in [0, 0.05) is 11.1 Å². The van der Waals surface area contributed by atoms with Gasteiger partial charge < -0.3 is 0 Å². The second-order valence-electron chi connectivity index (χ2n) is 7.92. The molecule has 0 aliphatic carbocycles. The fraction of sp³-hybridized carbons (Fsp3) is 0.138. The van der Waals surface area contributed by atoms with Crippen molar-refractivity contribution in [2.75, 3.05) is 0 Å². The van der Waals surface area contributed by atoms with E-state index >= 15 is 0 Å². The van der Waals surface area contributed by atoms with Crippen molar-refractivity contribution >= 4 is 37.6 Å². The van der Waals surface area contributed by atoms with Gasteiger partial charge in [-0.3, -0.25) is 4.79 Å². The molecule has 0 radical (unpaired) electrons. The zero-order chi connectivity index (χ0) is 22.7. The first-order valence-corrected chi connectivity index (χ1v) is 12.4. The highest BCUT2D eigenvalue weighted by Gasteiger charge is 2.22. The fourth-order valence-corrected chi connectivity index (χ4v) is 5.70. The van der Waals surface area contributed by atoms with Crippen LogP contribution in [0.2, 0.25) is 0 Å². The summed E-state index contributed by atoms with van der Waals surface area (Å²) < 4.78 is 0. The van der Waals surface area contributed by atoms with Gasteiger partial charge in [-0.15, -0.1) is 0 Å². The third-order valence-electron chi connectivity index (χ3n) is 5.97. The van der Waals surface area contributed by atoms with Crippen LogP contribution in [0.25, 0.3) is 0 Å². The van der Waals surface area contributed by atoms with Crippen LogP contribution in [-0.2, 0) is 0 Å². The van der Waals surface area contributed by atoms with E-state index in [9.17, 15) is 4.79 Å². The van der Waals surface area contributed by atoms with Gasteiger partial charge in [0.05, 0.1) is 9.65 Å². The molecule has 0 aliphatic heterocycles. The average molecular weight is 548 g/mol. The maximum Gasteiger partial charge on any atom is 0.193 e. The summed E-state index contributed by atoms with van der Waals surface area (Å²) in [7, 11) is 0. The quantitative estimate of drug-likeness (QED) is 0.175. The Kier molecular flexibility index (Phi) is 7.07. The number of halogens is 2. The van der Waals surface area contributed by atoms with Crippen LogP contribution in [0.1, 0.15) is 59.0 Å². The van der Waals surface area contributed by atoms with E-state index < -0.39 is 0 Å². The zero-order valence-electron chi connectivity index (χ0n) is 18.1. The summed E-state index contributed by atoms with van der Waals surface area (Å²) in [5.74, 6) is 0.0595. The standard InChI is InChI=1S/C29H24Br2O/c1-19-23(27(30)21-11-5-3-6-12-21)15-9-17-25(19)29(32)26-18-10-16-24(20(26)2)28(31)22-13-7-4-8-14-22/h3-18,27-28H,1-2H3. The van der Waals surface area contributed by atoms with Gasteiger partial charge in [-0.1, -0.05) is 129 Å². The third-order valence-corrected chi connectivity index (χ3v) is 8.02. The van der Waals surface area contributed by atoms with Gasteiger partial charge in [0.2, 0.25) is 0 Å². The molecule has 4 rings (SSSR count). The molecule has 0 spiro atoms. The Hall–Kier alpha value is -2.49. The highest BCUT2D eigenvalue weighted by molar-refractivity contribution is 9.09. The molecule has 32 heavy (non-hydrogen) atoms. The first kappa shape index (κ1) is 22.7. The zero-order valence-corrected chi connectivity index (χ0v) is 21.2. The lowest BCUT2D eigenvalue weighted by atomic mass is 9.89. The number of rotatable bonds is 6. The van der Waals surface area contributed by atoms with Crippen LogP contribution in [0.3, 0.4) is 0 Å². The first-order valence-electron chi connectivity index (χ1n) is 10.6. The van der Waals surface area contributed by atoms with E-state index in [2.05, 4.69) is 68.3 Å². The molecule has 0 saturated heterocycles. The maximum absolute atomic E-state index is 13.7. The summed E-state index contributed by atoms with van der Waals surface area (Å²) in [6.07, 6.45) is 0. The van der Waals surface area contributed by atoms with Crippen molar-refractivity contribution in [3.63, 3.8) is 0 Å². The van der Waals surface area contributed by atoms with Crippen molar-refractivity contribution in [3.8, 4) is 0 Å². The Morgan fingerprint density at radius 1 is 0.562 bits per heavy atom. The van der Waals surface area contributed by atoms with Crippen molar-refractivity contribution in [2.24, 2.45) is 0 Å². The minimum absolute atomic E-state index is 0.0360. The number of ketones is 1. The molecule has 2 unspecified atom stereocenters. The third kappa shape index (κ3) is 4.51. The lowest BCUT2D eigenvalue weighted by Crippen LogP contribution is -2.10. The van der Waals surface area contributed by atoms with Gasteiger partial charge in [0.1, 0.15) is 0 Å². The lowest BCUT2D eigenvalue weighted by Gasteiger charge is -2.19. The molecular formula is C29H24Br2O. The molecule has 1 nitrogen and oxygen atoms in total. The molecule has 3 heteroatoms. The van der Waals surface area contributed by atoms with Crippen LogP contribution < -0.4 is 0 Å². The maximum atomic E-state index is 13.7. The van der Waals surface area contributed by atoms with E-state index in [1.165, 1.54) is 11.1 Å². The number of hydrogen-bond acceptors (Lipinski definition) is 1. The molecule has 0 N–H and O–H groups in total. The molecule has 0 bridgehead atoms. The Bertz CT molecular complexity index is 1140. The largest absolute Gasteiger partial charge is 0.289 e. The summed E-state index contributed by atoms with van der Waals surface area (Å²) in [5.41, 5.74) is 8.06. The van der Waals surface area contributed by atoms with Crippen LogP contribution in [0, 0.1) is 13.8 Å². The molecule has 2 atom stereocenters. The van der Waals surface area contributed by atoms with Crippen LogP contribution in [0.15, 0.2) is 97.1 Å². The Morgan fingerprint density at radius 3 is 1.31 bits per heavy atom. The van der Waals surface area contributed by atoms with Crippen molar-refractivity contribution in [1.29, 1.82) is 0 Å². The SMILES string of the molecule is Cc1c(C(=O)c2cccc(C(Br)c3ccccc3)c2C)cccc1C(Br)c1ccccc1. The van der Waals surface area contributed by atoms with Gasteiger partial charge in [-0.2, -0.15) is 0 Å². The van der Waals surface area contributed by atoms with Crippen molar-refractivity contribution < 1.29 is 4.79 Å². The van der Waals surface area contributed by atoms with Gasteiger partial charge in [0.25, 0.3) is 0 Å². The Labute approximate surface area is 206 Å². The normalized spacial score (nSPS) is 12.9. The fourth-order valence-electron chi connectivity index (χ4n) is 4.10. The number of hydrogen-bond donors (Lipinski definition) is 0. The van der Waals surface area contributed by atoms with Crippen molar-refractivity contribution in [3.05, 3.63) is 142 Å². The summed E-state index contributed by atoms with van der Waals surface area (Å²) in [5, 5.41) is 0. The summed E-state index contributed by atoms with van der Waals surface area (Å²) in [6, 6.07) is 32.5. The van der Waals surface area contributed by atoms with Crippen LogP contribution in [0.4, 0.5) is 0 Å². The van der Waals surface area contributed by atoms with E-state index in [1.54, 1.807) is 0 Å². The van der Waals surface area contributed by atoms with Crippen LogP contribution in [-0.4, -0.2) is 5.78 Å². The molecule has 0 saturated carbocycles. The second kappa shape index (κ2) is 9.97. The molecule has 4 aromatic carbocycles. The molecule has 0 aliphatic rings. The molecule has 0 heterocycles. The summed E-state index contributed by atoms with van der Waals surface area (Å²) in [6.45, 7) is 4.08. The number of carbonyl (C=O) groups excluding carboxylic acids is 1. The van der Waals surface area contributed by atoms with Gasteiger partial charge in [-0.05, 0) is 47.2 Å². The average Bonchev–Trinajstić information content (AvgIpc) is 2.84. The molecular weight excluding hydrogens is 524 g/mol. The molecule has 160 valence electrons. The van der Waals surface area contributed by atoms with E-state index in [4.69, 9.17) is 0 Å². The highest BCUT2D eigenvalue weighted by atomic mass is 79.9. The number of alkyl halides is 2. The lowest BCUT2D eigenvalue weighted by molar-refractivity contribution is 0.103. The molecule has 0 aromatic heterocycles. The predicted molar refractivity (Wildman–Crippen MR) is 140 cm³/mol. The summed E-state index contributed by atoms with van der Waals surface area (Å²) in [4.78, 5) is 13.8. The Morgan fingerprint density at radius 2 is 0.938 bits per heavy atom. The van der Waals surface area contributed by atoms with Crippen LogP contribution in [0.5, 0.6) is 0 Å². The van der Waals surface area contributed by atoms with Crippen molar-refractivity contribution in [2.45, 2.75) is 23.5 Å². The Balaban J connectivity index is 1.71. The van der Waals surface area contributed by atoms with Gasteiger partial charge >= 0.3 is 0 Å². The highest BCUT2D eigenvalue weighted by Crippen LogP contribution is 2.36. The number of benzene rings is 4. The van der Waals surface area contributed by atoms with E-state index in [0.29, 0.717) is 0 Å². The van der Waals surface area contributed by atoms with Crippen LogP contribution >= 0.6 is 31.9 Å². The van der Waals surface area contributed by atoms with Crippen molar-refractivity contribution in [1.82, 2.24) is 0 Å². The van der Waals surface area contributed by atoms with E-state index in [-0.39, 0.29) is 15.4 Å². The molecule has 4 aromatic rings. The topological polar surface area (TPSA) is 17.1 Å². The first-order chi connectivity index (χ1) is 15.5. The monoisotopic (exact) mass is 546 g/mol. The minimum atomic E-state index is 0.0360. The number of carbonyl (C=O) groups is 1.